The molecule has 4 heteroatoms. The van der Waals surface area contributed by atoms with E-state index in [4.69, 9.17) is 5.11 Å². The molecule has 2 unspecified atom stereocenters. The smallest absolute Gasteiger partial charge is 0.0319 e. The molecule has 0 amide bonds. The van der Waals surface area contributed by atoms with Crippen molar-refractivity contribution >= 4 is 0 Å². The highest BCUT2D eigenvalue weighted by Gasteiger charge is 2.36. The van der Waals surface area contributed by atoms with E-state index in [1.165, 1.54) is 65.0 Å². The molecule has 0 aromatic rings. The quantitative estimate of drug-likeness (QED) is 0.721. The van der Waals surface area contributed by atoms with E-state index in [1.807, 2.05) is 0 Å². The van der Waals surface area contributed by atoms with Crippen molar-refractivity contribution in [3.63, 3.8) is 0 Å². The standard InChI is InChI=1S/C12H23N3.CH4O/c1-2-11-3-4-12(15(11)7-1)10-14-8-5-13-6-9-14;1-2/h11-13H,1-10H2;2H,1H3. The topological polar surface area (TPSA) is 38.7 Å². The number of aliphatic hydroxyl groups excluding tert-OH is 1. The highest BCUT2D eigenvalue weighted by Crippen LogP contribution is 2.32. The molecule has 0 aromatic carbocycles. The molecule has 3 rings (SSSR count). The summed E-state index contributed by atoms with van der Waals surface area (Å²) in [5.41, 5.74) is 0. The molecule has 3 aliphatic rings. The van der Waals surface area contributed by atoms with E-state index >= 15 is 0 Å². The molecule has 0 aromatic heterocycles. The normalized spacial score (nSPS) is 34.2. The van der Waals surface area contributed by atoms with Gasteiger partial charge in [-0.2, -0.15) is 0 Å². The van der Waals surface area contributed by atoms with Crippen molar-refractivity contribution in [2.75, 3.05) is 46.4 Å². The van der Waals surface area contributed by atoms with Crippen molar-refractivity contribution in [1.82, 2.24) is 15.1 Å². The zero-order chi connectivity index (χ0) is 12.1. The van der Waals surface area contributed by atoms with Crippen molar-refractivity contribution in [2.24, 2.45) is 0 Å². The van der Waals surface area contributed by atoms with Crippen LogP contribution in [-0.2, 0) is 0 Å². The van der Waals surface area contributed by atoms with Crippen LogP contribution in [0, 0.1) is 0 Å². The second-order valence-electron chi connectivity index (χ2n) is 5.32. The summed E-state index contributed by atoms with van der Waals surface area (Å²) in [6, 6.07) is 1.84. The monoisotopic (exact) mass is 241 g/mol. The van der Waals surface area contributed by atoms with Gasteiger partial charge in [0.2, 0.25) is 0 Å². The van der Waals surface area contributed by atoms with Crippen LogP contribution in [0.1, 0.15) is 25.7 Å². The lowest BCUT2D eigenvalue weighted by Crippen LogP contribution is -2.48. The minimum absolute atomic E-state index is 0.885. The molecule has 0 radical (unpaired) electrons. The van der Waals surface area contributed by atoms with Crippen molar-refractivity contribution in [1.29, 1.82) is 0 Å². The zero-order valence-electron chi connectivity index (χ0n) is 11.1. The van der Waals surface area contributed by atoms with Crippen LogP contribution in [-0.4, -0.2) is 73.4 Å². The van der Waals surface area contributed by atoms with Crippen LogP contribution in [0.3, 0.4) is 0 Å². The summed E-state index contributed by atoms with van der Waals surface area (Å²) in [4.78, 5) is 5.45. The first kappa shape index (κ1) is 13.3. The first-order valence-electron chi connectivity index (χ1n) is 7.07. The first-order chi connectivity index (χ1) is 8.43. The lowest BCUT2D eigenvalue weighted by molar-refractivity contribution is 0.157. The Morgan fingerprint density at radius 1 is 1.06 bits per heavy atom. The predicted octanol–water partition coefficient (Wildman–Crippen LogP) is 0.127. The number of hydrogen-bond donors (Lipinski definition) is 2. The molecule has 2 N–H and O–H groups in total. The number of nitrogens with zero attached hydrogens (tertiary/aromatic N) is 2. The van der Waals surface area contributed by atoms with Crippen molar-refractivity contribution < 1.29 is 5.11 Å². The lowest BCUT2D eigenvalue weighted by Gasteiger charge is -2.33. The Kier molecular flexibility index (Phi) is 5.22. The average Bonchev–Trinajstić information content (AvgIpc) is 2.98. The summed E-state index contributed by atoms with van der Waals surface area (Å²) in [6.45, 7) is 7.61. The Balaban J connectivity index is 0.000000514. The van der Waals surface area contributed by atoms with Gasteiger partial charge in [-0.15, -0.1) is 0 Å². The molecular weight excluding hydrogens is 214 g/mol. The Bertz CT molecular complexity index is 219. The molecule has 3 heterocycles. The largest absolute Gasteiger partial charge is 0.400 e. The molecular formula is C13H27N3O. The summed E-state index contributed by atoms with van der Waals surface area (Å²) in [6.07, 6.45) is 5.84. The van der Waals surface area contributed by atoms with E-state index in [1.54, 1.807) is 0 Å². The number of aliphatic hydroxyl groups is 1. The van der Waals surface area contributed by atoms with Crippen molar-refractivity contribution in [3.8, 4) is 0 Å². The molecule has 0 saturated carbocycles. The van der Waals surface area contributed by atoms with E-state index in [0.717, 1.165) is 19.2 Å². The van der Waals surface area contributed by atoms with Crippen molar-refractivity contribution in [2.45, 2.75) is 37.8 Å². The zero-order valence-corrected chi connectivity index (χ0v) is 11.1. The van der Waals surface area contributed by atoms with Crippen LogP contribution in [0.15, 0.2) is 0 Å². The summed E-state index contributed by atoms with van der Waals surface area (Å²) in [7, 11) is 1.00. The average molecular weight is 241 g/mol. The summed E-state index contributed by atoms with van der Waals surface area (Å²) in [5, 5.41) is 10.4. The summed E-state index contributed by atoms with van der Waals surface area (Å²) in [5.74, 6) is 0. The van der Waals surface area contributed by atoms with Gasteiger partial charge in [-0.05, 0) is 32.2 Å². The third-order valence-electron chi connectivity index (χ3n) is 4.40. The number of hydrogen-bond acceptors (Lipinski definition) is 4. The van der Waals surface area contributed by atoms with Gasteiger partial charge in [-0.3, -0.25) is 9.80 Å². The fourth-order valence-corrected chi connectivity index (χ4v) is 3.59. The van der Waals surface area contributed by atoms with Crippen LogP contribution in [0.25, 0.3) is 0 Å². The minimum atomic E-state index is 0.885. The molecule has 2 atom stereocenters. The molecule has 17 heavy (non-hydrogen) atoms. The van der Waals surface area contributed by atoms with E-state index in [9.17, 15) is 0 Å². The van der Waals surface area contributed by atoms with Gasteiger partial charge in [0.05, 0.1) is 0 Å². The Hall–Kier alpha value is -0.160. The van der Waals surface area contributed by atoms with E-state index in [-0.39, 0.29) is 0 Å². The second kappa shape index (κ2) is 6.69. The van der Waals surface area contributed by atoms with E-state index < -0.39 is 0 Å². The van der Waals surface area contributed by atoms with Crippen LogP contribution < -0.4 is 5.32 Å². The maximum atomic E-state index is 7.00. The number of fused-ring (bicyclic) bond motifs is 1. The Morgan fingerprint density at radius 2 is 1.82 bits per heavy atom. The fourth-order valence-electron chi connectivity index (χ4n) is 3.59. The van der Waals surface area contributed by atoms with Crippen LogP contribution in [0.4, 0.5) is 0 Å². The van der Waals surface area contributed by atoms with Gasteiger partial charge in [-0.1, -0.05) is 0 Å². The lowest BCUT2D eigenvalue weighted by atomic mass is 10.1. The highest BCUT2D eigenvalue weighted by atomic mass is 16.2. The molecule has 0 spiro atoms. The Morgan fingerprint density at radius 3 is 2.59 bits per heavy atom. The minimum Gasteiger partial charge on any atom is -0.400 e. The molecule has 0 bridgehead atoms. The molecule has 3 aliphatic heterocycles. The van der Waals surface area contributed by atoms with Crippen LogP contribution in [0.2, 0.25) is 0 Å². The van der Waals surface area contributed by atoms with Gasteiger partial charge in [-0.25, -0.2) is 0 Å². The fraction of sp³-hybridized carbons (Fsp3) is 1.00. The van der Waals surface area contributed by atoms with Crippen LogP contribution in [0.5, 0.6) is 0 Å². The van der Waals surface area contributed by atoms with Gasteiger partial charge in [0, 0.05) is 51.9 Å². The molecule has 3 fully saturated rings. The van der Waals surface area contributed by atoms with Crippen LogP contribution >= 0.6 is 0 Å². The molecule has 100 valence electrons. The van der Waals surface area contributed by atoms with Gasteiger partial charge in [0.1, 0.15) is 0 Å². The van der Waals surface area contributed by atoms with E-state index in [2.05, 4.69) is 15.1 Å². The number of rotatable bonds is 2. The van der Waals surface area contributed by atoms with Gasteiger partial charge >= 0.3 is 0 Å². The third kappa shape index (κ3) is 3.19. The first-order valence-corrected chi connectivity index (χ1v) is 7.07. The molecule has 4 nitrogen and oxygen atoms in total. The predicted molar refractivity (Wildman–Crippen MR) is 70.2 cm³/mol. The number of nitrogens with one attached hydrogen (secondary N) is 1. The van der Waals surface area contributed by atoms with Gasteiger partial charge < -0.3 is 10.4 Å². The maximum absolute atomic E-state index is 7.00. The third-order valence-corrected chi connectivity index (χ3v) is 4.40. The summed E-state index contributed by atoms with van der Waals surface area (Å²) < 4.78 is 0. The number of piperazine rings is 1. The second-order valence-corrected chi connectivity index (χ2v) is 5.32. The molecule has 0 aliphatic carbocycles. The summed E-state index contributed by atoms with van der Waals surface area (Å²) >= 11 is 0. The van der Waals surface area contributed by atoms with Gasteiger partial charge in [0.25, 0.3) is 0 Å². The SMILES string of the molecule is C1CC2CCC(CN3CCNCC3)N2C1.CO. The van der Waals surface area contributed by atoms with Crippen molar-refractivity contribution in [3.05, 3.63) is 0 Å². The van der Waals surface area contributed by atoms with Gasteiger partial charge in [0.15, 0.2) is 0 Å². The Labute approximate surface area is 105 Å². The molecule has 3 saturated heterocycles. The van der Waals surface area contributed by atoms with E-state index in [0.29, 0.717) is 0 Å². The highest BCUT2D eigenvalue weighted by molar-refractivity contribution is 4.93. The maximum Gasteiger partial charge on any atom is 0.0319 e.